The molecule has 0 aliphatic heterocycles. The van der Waals surface area contributed by atoms with Gasteiger partial charge in [-0.2, -0.15) is 5.10 Å². The maximum atomic E-state index is 13.1. The van der Waals surface area contributed by atoms with E-state index in [1.54, 1.807) is 25.1 Å². The van der Waals surface area contributed by atoms with Gasteiger partial charge < -0.3 is 0 Å². The Bertz CT molecular complexity index is 595. The topological polar surface area (TPSA) is 28.7 Å². The van der Waals surface area contributed by atoms with Crippen molar-refractivity contribution in [2.75, 3.05) is 0 Å². The summed E-state index contributed by atoms with van der Waals surface area (Å²) < 4.78 is 13.6. The maximum Gasteiger partial charge on any atom is 0.150 e. The molecule has 5 heteroatoms. The molecule has 0 saturated heterocycles. The van der Waals surface area contributed by atoms with Gasteiger partial charge in [-0.05, 0) is 36.2 Å². The van der Waals surface area contributed by atoms with Gasteiger partial charge in [0.25, 0.3) is 0 Å². The quantitative estimate of drug-likeness (QED) is 0.782. The van der Waals surface area contributed by atoms with Crippen molar-refractivity contribution in [2.45, 2.75) is 6.92 Å². The van der Waals surface area contributed by atoms with Crippen LogP contribution in [-0.4, -0.2) is 10.2 Å². The third kappa shape index (κ3) is 2.13. The van der Waals surface area contributed by atoms with Crippen LogP contribution >= 0.6 is 23.8 Å². The fraction of sp³-hybridized carbons (Fsp3) is 0.0909. The minimum absolute atomic E-state index is 0.237. The molecule has 0 amide bonds. The summed E-state index contributed by atoms with van der Waals surface area (Å²) >= 11 is 10.9. The second-order valence-electron chi connectivity index (χ2n) is 3.40. The summed E-state index contributed by atoms with van der Waals surface area (Å²) in [5.41, 5.74) is 2.14. The highest BCUT2D eigenvalue weighted by molar-refractivity contribution is 7.71. The lowest BCUT2D eigenvalue weighted by Gasteiger charge is -2.04. The summed E-state index contributed by atoms with van der Waals surface area (Å²) in [6.45, 7) is 1.70. The molecular weight excluding hydrogens is 247 g/mol. The van der Waals surface area contributed by atoms with Gasteiger partial charge in [0, 0.05) is 5.56 Å². The standard InChI is InChI=1S/C11H8ClFN2S/c1-6-4-7(2-3-9(6)13)8-5-10(12)14-15-11(8)16/h2-5H,1H3,(H,15,16). The lowest BCUT2D eigenvalue weighted by molar-refractivity contribution is 0.619. The van der Waals surface area contributed by atoms with E-state index in [9.17, 15) is 4.39 Å². The SMILES string of the molecule is Cc1cc(-c2cc(Cl)n[nH]c2=S)ccc1F. The Balaban J connectivity index is 2.63. The van der Waals surface area contributed by atoms with Gasteiger partial charge in [-0.3, -0.25) is 5.10 Å². The van der Waals surface area contributed by atoms with Gasteiger partial charge in [-0.1, -0.05) is 29.9 Å². The van der Waals surface area contributed by atoms with Crippen LogP contribution < -0.4 is 0 Å². The number of nitrogens with one attached hydrogen (secondary N) is 1. The lowest BCUT2D eigenvalue weighted by atomic mass is 10.1. The third-order valence-electron chi connectivity index (χ3n) is 2.24. The second-order valence-corrected chi connectivity index (χ2v) is 4.19. The van der Waals surface area contributed by atoms with Gasteiger partial charge in [-0.25, -0.2) is 4.39 Å². The number of benzene rings is 1. The van der Waals surface area contributed by atoms with Crippen molar-refractivity contribution < 1.29 is 4.39 Å². The van der Waals surface area contributed by atoms with Gasteiger partial charge in [-0.15, -0.1) is 0 Å². The van der Waals surface area contributed by atoms with Crippen LogP contribution in [0.4, 0.5) is 4.39 Å². The zero-order chi connectivity index (χ0) is 11.7. The van der Waals surface area contributed by atoms with Crippen molar-refractivity contribution in [2.24, 2.45) is 0 Å². The normalized spacial score (nSPS) is 10.4. The number of H-pyrrole nitrogens is 1. The van der Waals surface area contributed by atoms with E-state index in [0.717, 1.165) is 11.1 Å². The second kappa shape index (κ2) is 4.31. The third-order valence-corrected chi connectivity index (χ3v) is 2.75. The molecule has 1 heterocycles. The fourth-order valence-corrected chi connectivity index (χ4v) is 1.78. The molecule has 0 aliphatic carbocycles. The maximum absolute atomic E-state index is 13.1. The van der Waals surface area contributed by atoms with Gasteiger partial charge in [0.2, 0.25) is 0 Å². The molecule has 0 saturated carbocycles. The van der Waals surface area contributed by atoms with Crippen molar-refractivity contribution in [3.63, 3.8) is 0 Å². The first-order valence-electron chi connectivity index (χ1n) is 4.59. The van der Waals surface area contributed by atoms with Crippen molar-refractivity contribution in [3.05, 3.63) is 45.4 Å². The molecule has 0 unspecified atom stereocenters. The van der Waals surface area contributed by atoms with Crippen molar-refractivity contribution in [3.8, 4) is 11.1 Å². The molecular formula is C11H8ClFN2S. The number of aryl methyl sites for hydroxylation is 1. The molecule has 0 spiro atoms. The summed E-state index contributed by atoms with van der Waals surface area (Å²) in [6.07, 6.45) is 0. The predicted molar refractivity (Wildman–Crippen MR) is 64.6 cm³/mol. The highest BCUT2D eigenvalue weighted by atomic mass is 35.5. The van der Waals surface area contributed by atoms with E-state index in [1.807, 2.05) is 0 Å². The van der Waals surface area contributed by atoms with Crippen LogP contribution in [0.15, 0.2) is 24.3 Å². The van der Waals surface area contributed by atoms with Gasteiger partial charge in [0.15, 0.2) is 0 Å². The van der Waals surface area contributed by atoms with E-state index >= 15 is 0 Å². The number of hydrogen-bond donors (Lipinski definition) is 1. The van der Waals surface area contributed by atoms with Crippen LogP contribution in [0.3, 0.4) is 0 Å². The van der Waals surface area contributed by atoms with Gasteiger partial charge in [0.05, 0.1) is 0 Å². The first-order valence-corrected chi connectivity index (χ1v) is 5.38. The van der Waals surface area contributed by atoms with Gasteiger partial charge >= 0.3 is 0 Å². The van der Waals surface area contributed by atoms with Crippen molar-refractivity contribution in [1.29, 1.82) is 0 Å². The number of aromatic nitrogens is 2. The molecule has 82 valence electrons. The van der Waals surface area contributed by atoms with E-state index in [2.05, 4.69) is 10.2 Å². The summed E-state index contributed by atoms with van der Waals surface area (Å²) in [7, 11) is 0. The van der Waals surface area contributed by atoms with Crippen molar-refractivity contribution >= 4 is 23.8 Å². The van der Waals surface area contributed by atoms with Crippen LogP contribution in [0, 0.1) is 17.4 Å². The van der Waals surface area contributed by atoms with Crippen LogP contribution in [0.25, 0.3) is 11.1 Å². The molecule has 1 N–H and O–H groups in total. The average molecular weight is 255 g/mol. The molecule has 2 nitrogen and oxygen atoms in total. The van der Waals surface area contributed by atoms with E-state index < -0.39 is 0 Å². The number of halogens is 2. The monoisotopic (exact) mass is 254 g/mol. The first-order chi connectivity index (χ1) is 7.58. The zero-order valence-corrected chi connectivity index (χ0v) is 9.99. The molecule has 0 radical (unpaired) electrons. The number of nitrogens with zero attached hydrogens (tertiary/aromatic N) is 1. The summed E-state index contributed by atoms with van der Waals surface area (Å²) in [5, 5.41) is 6.73. The highest BCUT2D eigenvalue weighted by Gasteiger charge is 2.05. The van der Waals surface area contributed by atoms with E-state index in [0.29, 0.717) is 15.4 Å². The Morgan fingerprint density at radius 3 is 2.81 bits per heavy atom. The Kier molecular flexibility index (Phi) is 3.03. The summed E-state index contributed by atoms with van der Waals surface area (Å²) in [5.74, 6) is -0.237. The van der Waals surface area contributed by atoms with Crippen LogP contribution in [-0.2, 0) is 0 Å². The largest absolute Gasteiger partial charge is 0.266 e. The smallest absolute Gasteiger partial charge is 0.150 e. The zero-order valence-electron chi connectivity index (χ0n) is 8.42. The Morgan fingerprint density at radius 2 is 2.12 bits per heavy atom. The molecule has 2 aromatic rings. The first kappa shape index (κ1) is 11.2. The molecule has 0 atom stereocenters. The molecule has 0 bridgehead atoms. The Hall–Kier alpha value is -1.26. The summed E-state index contributed by atoms with van der Waals surface area (Å²) in [4.78, 5) is 0. The highest BCUT2D eigenvalue weighted by Crippen LogP contribution is 2.23. The molecule has 0 aliphatic rings. The summed E-state index contributed by atoms with van der Waals surface area (Å²) in [6, 6.07) is 6.46. The molecule has 16 heavy (non-hydrogen) atoms. The number of hydrogen-bond acceptors (Lipinski definition) is 2. The molecule has 2 rings (SSSR count). The Labute approximate surface area is 102 Å². The van der Waals surface area contributed by atoms with Crippen molar-refractivity contribution in [1.82, 2.24) is 10.2 Å². The Morgan fingerprint density at radius 1 is 1.38 bits per heavy atom. The van der Waals surface area contributed by atoms with Crippen LogP contribution in [0.2, 0.25) is 5.15 Å². The molecule has 1 aromatic heterocycles. The van der Waals surface area contributed by atoms with Gasteiger partial charge in [0.1, 0.15) is 15.6 Å². The number of aromatic amines is 1. The van der Waals surface area contributed by atoms with E-state index in [-0.39, 0.29) is 5.82 Å². The van der Waals surface area contributed by atoms with E-state index in [1.165, 1.54) is 6.07 Å². The minimum atomic E-state index is -0.237. The van der Waals surface area contributed by atoms with E-state index in [4.69, 9.17) is 23.8 Å². The van der Waals surface area contributed by atoms with Crippen LogP contribution in [0.5, 0.6) is 0 Å². The average Bonchev–Trinajstić information content (AvgIpc) is 2.26. The lowest BCUT2D eigenvalue weighted by Crippen LogP contribution is -1.89. The van der Waals surface area contributed by atoms with Crippen LogP contribution in [0.1, 0.15) is 5.56 Å². The molecule has 1 aromatic carbocycles. The molecule has 0 fully saturated rings. The predicted octanol–water partition coefficient (Wildman–Crippen LogP) is 3.91. The number of rotatable bonds is 1. The fourth-order valence-electron chi connectivity index (χ4n) is 1.41. The minimum Gasteiger partial charge on any atom is -0.266 e.